The molecule has 0 aromatic carbocycles. The van der Waals surface area contributed by atoms with Crippen LogP contribution < -0.4 is 0 Å². The Kier molecular flexibility index (Phi) is 31.4. The van der Waals surface area contributed by atoms with Gasteiger partial charge in [0.15, 0.2) is 0 Å². The van der Waals surface area contributed by atoms with Crippen LogP contribution in [0.25, 0.3) is 0 Å². The van der Waals surface area contributed by atoms with Crippen LogP contribution in [0.2, 0.25) is 0 Å². The lowest BCUT2D eigenvalue weighted by atomic mass is 10.0. The molecule has 0 saturated carbocycles. The SMILES string of the molecule is CCCCCCCCC(CCCC)OCCOCCOCCOCCOCCOCCOCCO. The minimum absolute atomic E-state index is 0.0381. The monoisotopic (exact) mass is 508 g/mol. The summed E-state index contributed by atoms with van der Waals surface area (Å²) in [5.41, 5.74) is 0. The lowest BCUT2D eigenvalue weighted by Crippen LogP contribution is -2.18. The highest BCUT2D eigenvalue weighted by Crippen LogP contribution is 2.15. The normalized spacial score (nSPS) is 12.4. The Balaban J connectivity index is 3.34. The zero-order chi connectivity index (χ0) is 25.5. The van der Waals surface area contributed by atoms with Crippen molar-refractivity contribution in [1.29, 1.82) is 0 Å². The molecule has 0 saturated heterocycles. The van der Waals surface area contributed by atoms with E-state index in [9.17, 15) is 0 Å². The fourth-order valence-corrected chi connectivity index (χ4v) is 3.44. The van der Waals surface area contributed by atoms with Crippen LogP contribution in [0, 0.1) is 0 Å². The van der Waals surface area contributed by atoms with Gasteiger partial charge in [-0.05, 0) is 12.8 Å². The largest absolute Gasteiger partial charge is 0.394 e. The summed E-state index contributed by atoms with van der Waals surface area (Å²) < 4.78 is 38.6. The van der Waals surface area contributed by atoms with Crippen LogP contribution >= 0.6 is 0 Å². The number of aliphatic hydroxyl groups excluding tert-OH is 1. The number of rotatable bonds is 31. The van der Waals surface area contributed by atoms with E-state index in [1.807, 2.05) is 0 Å². The molecule has 35 heavy (non-hydrogen) atoms. The first-order valence-corrected chi connectivity index (χ1v) is 14.0. The Labute approximate surface area is 215 Å². The maximum Gasteiger partial charge on any atom is 0.0704 e. The molecule has 1 N–H and O–H groups in total. The van der Waals surface area contributed by atoms with Gasteiger partial charge in [0.1, 0.15) is 0 Å². The number of hydrogen-bond donors (Lipinski definition) is 1. The second-order valence-corrected chi connectivity index (χ2v) is 8.59. The van der Waals surface area contributed by atoms with Crippen LogP contribution in [0.15, 0.2) is 0 Å². The van der Waals surface area contributed by atoms with Crippen LogP contribution in [-0.2, 0) is 33.2 Å². The zero-order valence-corrected chi connectivity index (χ0v) is 22.9. The number of hydrogen-bond acceptors (Lipinski definition) is 8. The van der Waals surface area contributed by atoms with E-state index in [1.165, 1.54) is 57.8 Å². The van der Waals surface area contributed by atoms with Crippen LogP contribution in [0.5, 0.6) is 0 Å². The van der Waals surface area contributed by atoms with E-state index in [1.54, 1.807) is 0 Å². The molecule has 0 amide bonds. The fraction of sp³-hybridized carbons (Fsp3) is 1.00. The second kappa shape index (κ2) is 31.7. The molecule has 8 nitrogen and oxygen atoms in total. The number of ether oxygens (including phenoxy) is 7. The van der Waals surface area contributed by atoms with Gasteiger partial charge < -0.3 is 38.3 Å². The van der Waals surface area contributed by atoms with E-state index in [4.69, 9.17) is 38.3 Å². The first kappa shape index (κ1) is 34.7. The Morgan fingerprint density at radius 3 is 1.26 bits per heavy atom. The molecule has 1 unspecified atom stereocenters. The van der Waals surface area contributed by atoms with Gasteiger partial charge in [-0.3, -0.25) is 0 Å². The van der Waals surface area contributed by atoms with Crippen molar-refractivity contribution in [3.8, 4) is 0 Å². The van der Waals surface area contributed by atoms with Crippen molar-refractivity contribution in [3.63, 3.8) is 0 Å². The zero-order valence-electron chi connectivity index (χ0n) is 22.9. The Hall–Kier alpha value is -0.320. The standard InChI is InChI=1S/C27H56O8/c1-3-5-7-8-9-10-12-27(11-6-4-2)35-26-25-34-24-23-33-22-21-32-20-19-31-18-17-30-16-15-29-14-13-28/h27-28H,3-26H2,1-2H3. The van der Waals surface area contributed by atoms with Gasteiger partial charge in [0.05, 0.1) is 98.6 Å². The molecule has 0 spiro atoms. The molecule has 0 aliphatic carbocycles. The van der Waals surface area contributed by atoms with E-state index >= 15 is 0 Å². The third-order valence-electron chi connectivity index (χ3n) is 5.44. The summed E-state index contributed by atoms with van der Waals surface area (Å²) in [7, 11) is 0. The molecule has 212 valence electrons. The Morgan fingerprint density at radius 1 is 0.429 bits per heavy atom. The van der Waals surface area contributed by atoms with Gasteiger partial charge in [0, 0.05) is 0 Å². The molecule has 0 aromatic heterocycles. The predicted octanol–water partition coefficient (Wildman–Crippen LogP) is 4.40. The van der Waals surface area contributed by atoms with Gasteiger partial charge in [-0.15, -0.1) is 0 Å². The first-order chi connectivity index (χ1) is 17.3. The summed E-state index contributed by atoms with van der Waals surface area (Å²) in [4.78, 5) is 0. The minimum atomic E-state index is 0.0381. The average Bonchev–Trinajstić information content (AvgIpc) is 2.87. The number of unbranched alkanes of at least 4 members (excludes halogenated alkanes) is 6. The maximum atomic E-state index is 8.57. The molecular weight excluding hydrogens is 452 g/mol. The summed E-state index contributed by atoms with van der Waals surface area (Å²) >= 11 is 0. The lowest BCUT2D eigenvalue weighted by molar-refractivity contribution is -0.0298. The smallest absolute Gasteiger partial charge is 0.0704 e. The summed E-state index contributed by atoms with van der Waals surface area (Å²) in [5.74, 6) is 0. The highest BCUT2D eigenvalue weighted by atomic mass is 16.6. The Bertz CT molecular complexity index is 373. The van der Waals surface area contributed by atoms with Gasteiger partial charge in [0.25, 0.3) is 0 Å². The van der Waals surface area contributed by atoms with Crippen molar-refractivity contribution < 1.29 is 38.3 Å². The van der Waals surface area contributed by atoms with E-state index in [0.717, 1.165) is 6.42 Å². The van der Waals surface area contributed by atoms with Crippen LogP contribution in [0.1, 0.15) is 78.1 Å². The van der Waals surface area contributed by atoms with E-state index < -0.39 is 0 Å². The van der Waals surface area contributed by atoms with Gasteiger partial charge in [-0.1, -0.05) is 65.2 Å². The van der Waals surface area contributed by atoms with Gasteiger partial charge >= 0.3 is 0 Å². The summed E-state index contributed by atoms with van der Waals surface area (Å²) in [6.07, 6.45) is 13.2. The minimum Gasteiger partial charge on any atom is -0.394 e. The number of aliphatic hydroxyl groups is 1. The van der Waals surface area contributed by atoms with Crippen molar-refractivity contribution in [2.45, 2.75) is 84.2 Å². The topological polar surface area (TPSA) is 84.8 Å². The molecule has 0 heterocycles. The second-order valence-electron chi connectivity index (χ2n) is 8.59. The molecule has 8 heteroatoms. The molecule has 0 aliphatic rings. The molecule has 1 atom stereocenters. The third kappa shape index (κ3) is 29.8. The van der Waals surface area contributed by atoms with Gasteiger partial charge in [-0.25, -0.2) is 0 Å². The van der Waals surface area contributed by atoms with Crippen molar-refractivity contribution in [3.05, 3.63) is 0 Å². The molecule has 0 aromatic rings. The molecule has 0 fully saturated rings. The van der Waals surface area contributed by atoms with Crippen molar-refractivity contribution in [2.24, 2.45) is 0 Å². The highest BCUT2D eigenvalue weighted by Gasteiger charge is 2.08. The average molecular weight is 509 g/mol. The molecule has 0 radical (unpaired) electrons. The molecule has 0 rings (SSSR count). The van der Waals surface area contributed by atoms with Crippen LogP contribution in [-0.4, -0.2) is 104 Å². The van der Waals surface area contributed by atoms with E-state index in [0.29, 0.717) is 92.0 Å². The molecular formula is C27H56O8. The fourth-order valence-electron chi connectivity index (χ4n) is 3.44. The van der Waals surface area contributed by atoms with Crippen molar-refractivity contribution >= 4 is 0 Å². The summed E-state index contributed by atoms with van der Waals surface area (Å²) in [6.45, 7) is 11.5. The van der Waals surface area contributed by atoms with Gasteiger partial charge in [0.2, 0.25) is 0 Å². The highest BCUT2D eigenvalue weighted by molar-refractivity contribution is 4.59. The summed E-state index contributed by atoms with van der Waals surface area (Å²) in [5, 5.41) is 8.57. The predicted molar refractivity (Wildman–Crippen MR) is 139 cm³/mol. The van der Waals surface area contributed by atoms with Crippen LogP contribution in [0.4, 0.5) is 0 Å². The van der Waals surface area contributed by atoms with Crippen molar-refractivity contribution in [1.82, 2.24) is 0 Å². The van der Waals surface area contributed by atoms with Crippen LogP contribution in [0.3, 0.4) is 0 Å². The first-order valence-electron chi connectivity index (χ1n) is 14.0. The summed E-state index contributed by atoms with van der Waals surface area (Å²) in [6, 6.07) is 0. The van der Waals surface area contributed by atoms with E-state index in [2.05, 4.69) is 13.8 Å². The van der Waals surface area contributed by atoms with E-state index in [-0.39, 0.29) is 6.61 Å². The molecule has 0 aliphatic heterocycles. The van der Waals surface area contributed by atoms with Crippen molar-refractivity contribution in [2.75, 3.05) is 92.5 Å². The molecule has 0 bridgehead atoms. The quantitative estimate of drug-likeness (QED) is 0.138. The Morgan fingerprint density at radius 2 is 0.800 bits per heavy atom. The lowest BCUT2D eigenvalue weighted by Gasteiger charge is -2.18. The van der Waals surface area contributed by atoms with Gasteiger partial charge in [-0.2, -0.15) is 0 Å². The maximum absolute atomic E-state index is 8.57. The third-order valence-corrected chi connectivity index (χ3v) is 5.44.